The molecule has 4 aromatic rings. The number of benzene rings is 2. The number of nitrogens with zero attached hydrogens (tertiary/aromatic N) is 2. The number of aromatic nitrogens is 2. The lowest BCUT2D eigenvalue weighted by molar-refractivity contribution is 0.867. The molecule has 0 aliphatic heterocycles. The molecule has 0 aliphatic carbocycles. The van der Waals surface area contributed by atoms with Crippen LogP contribution in [0.4, 0.5) is 11.5 Å². The summed E-state index contributed by atoms with van der Waals surface area (Å²) in [6.45, 7) is 8.86. The fourth-order valence-corrected chi connectivity index (χ4v) is 4.39. The first-order valence-corrected chi connectivity index (χ1v) is 10.6. The number of hydrogen-bond donors (Lipinski definition) is 1. The van der Waals surface area contributed by atoms with Crippen molar-refractivity contribution in [2.75, 3.05) is 5.32 Å². The number of hydrogen-bond acceptors (Lipinski definition) is 4. The van der Waals surface area contributed by atoms with Crippen LogP contribution in [-0.4, -0.2) is 9.97 Å². The Kier molecular flexibility index (Phi) is 5.14. The molecule has 0 saturated carbocycles. The van der Waals surface area contributed by atoms with Gasteiger partial charge in [-0.3, -0.25) is 0 Å². The van der Waals surface area contributed by atoms with Crippen LogP contribution in [0, 0.1) is 0 Å². The molecular weight excluding hydrogens is 362 g/mol. The van der Waals surface area contributed by atoms with Crippen LogP contribution in [0.5, 0.6) is 0 Å². The van der Waals surface area contributed by atoms with Crippen LogP contribution >= 0.6 is 11.3 Å². The molecule has 3 nitrogen and oxygen atoms in total. The van der Waals surface area contributed by atoms with E-state index in [0.717, 1.165) is 21.7 Å². The molecule has 0 unspecified atom stereocenters. The topological polar surface area (TPSA) is 37.8 Å². The lowest BCUT2D eigenvalue weighted by Gasteiger charge is -2.15. The van der Waals surface area contributed by atoms with Crippen molar-refractivity contribution in [3.63, 3.8) is 0 Å². The smallest absolute Gasteiger partial charge is 0.143 e. The maximum absolute atomic E-state index is 4.59. The predicted molar refractivity (Wildman–Crippen MR) is 121 cm³/mol. The summed E-state index contributed by atoms with van der Waals surface area (Å²) in [5.74, 6) is 1.83. The zero-order valence-electron chi connectivity index (χ0n) is 16.7. The molecule has 0 amide bonds. The first-order valence-electron chi connectivity index (χ1n) is 9.73. The van der Waals surface area contributed by atoms with Gasteiger partial charge in [0.15, 0.2) is 0 Å². The fourth-order valence-electron chi connectivity index (χ4n) is 3.47. The van der Waals surface area contributed by atoms with E-state index in [4.69, 9.17) is 0 Å². The van der Waals surface area contributed by atoms with Crippen molar-refractivity contribution in [1.29, 1.82) is 0 Å². The second-order valence-corrected chi connectivity index (χ2v) is 8.55. The van der Waals surface area contributed by atoms with Gasteiger partial charge in [-0.25, -0.2) is 9.97 Å². The summed E-state index contributed by atoms with van der Waals surface area (Å²) in [4.78, 5) is 10.1. The van der Waals surface area contributed by atoms with Crippen LogP contribution in [0.25, 0.3) is 21.3 Å². The highest BCUT2D eigenvalue weighted by Crippen LogP contribution is 2.38. The SMILES string of the molecule is CC(C)c1ccc(-c2csc3ncnc(Nc4ccccc4C(C)C)c23)cc1. The third-order valence-electron chi connectivity index (χ3n) is 5.09. The van der Waals surface area contributed by atoms with E-state index in [9.17, 15) is 0 Å². The van der Waals surface area contributed by atoms with E-state index in [0.29, 0.717) is 11.8 Å². The van der Waals surface area contributed by atoms with Gasteiger partial charge in [0.05, 0.1) is 5.39 Å². The Bertz CT molecular complexity index is 1090. The van der Waals surface area contributed by atoms with E-state index in [1.54, 1.807) is 17.7 Å². The van der Waals surface area contributed by atoms with E-state index in [2.05, 4.69) is 96.9 Å². The van der Waals surface area contributed by atoms with E-state index in [-0.39, 0.29) is 0 Å². The predicted octanol–water partition coefficient (Wildman–Crippen LogP) is 7.35. The van der Waals surface area contributed by atoms with Crippen molar-refractivity contribution < 1.29 is 0 Å². The van der Waals surface area contributed by atoms with Gasteiger partial charge in [-0.2, -0.15) is 0 Å². The first-order chi connectivity index (χ1) is 13.5. The average molecular weight is 388 g/mol. The van der Waals surface area contributed by atoms with Crippen molar-refractivity contribution in [3.05, 3.63) is 71.4 Å². The Hall–Kier alpha value is -2.72. The third kappa shape index (κ3) is 3.52. The van der Waals surface area contributed by atoms with Gasteiger partial charge in [0.2, 0.25) is 0 Å². The van der Waals surface area contributed by atoms with E-state index < -0.39 is 0 Å². The largest absolute Gasteiger partial charge is 0.339 e. The van der Waals surface area contributed by atoms with Crippen LogP contribution in [0.15, 0.2) is 60.2 Å². The van der Waals surface area contributed by atoms with Crippen molar-refractivity contribution >= 4 is 33.1 Å². The van der Waals surface area contributed by atoms with Crippen LogP contribution in [0.2, 0.25) is 0 Å². The highest BCUT2D eigenvalue weighted by atomic mass is 32.1. The molecule has 0 bridgehead atoms. The van der Waals surface area contributed by atoms with Gasteiger partial charge < -0.3 is 5.32 Å². The monoisotopic (exact) mass is 387 g/mol. The van der Waals surface area contributed by atoms with Crippen molar-refractivity contribution in [3.8, 4) is 11.1 Å². The Morgan fingerprint density at radius 2 is 1.61 bits per heavy atom. The average Bonchev–Trinajstić information content (AvgIpc) is 3.13. The van der Waals surface area contributed by atoms with Gasteiger partial charge in [-0.15, -0.1) is 11.3 Å². The number of rotatable bonds is 5. The Morgan fingerprint density at radius 1 is 0.857 bits per heavy atom. The lowest BCUT2D eigenvalue weighted by atomic mass is 9.98. The molecule has 0 radical (unpaired) electrons. The Morgan fingerprint density at radius 3 is 2.32 bits per heavy atom. The molecule has 0 fully saturated rings. The molecule has 2 heterocycles. The van der Waals surface area contributed by atoms with Gasteiger partial charge in [-0.1, -0.05) is 70.2 Å². The van der Waals surface area contributed by atoms with Crippen molar-refractivity contribution in [1.82, 2.24) is 9.97 Å². The molecule has 28 heavy (non-hydrogen) atoms. The van der Waals surface area contributed by atoms with Crippen molar-refractivity contribution in [2.24, 2.45) is 0 Å². The zero-order valence-corrected chi connectivity index (χ0v) is 17.5. The van der Waals surface area contributed by atoms with Gasteiger partial charge in [0.25, 0.3) is 0 Å². The minimum Gasteiger partial charge on any atom is -0.339 e. The second kappa shape index (κ2) is 7.72. The highest BCUT2D eigenvalue weighted by Gasteiger charge is 2.15. The summed E-state index contributed by atoms with van der Waals surface area (Å²) >= 11 is 1.66. The normalized spacial score (nSPS) is 11.5. The number of fused-ring (bicyclic) bond motifs is 1. The Labute approximate surface area is 170 Å². The molecule has 142 valence electrons. The minimum absolute atomic E-state index is 0.437. The van der Waals surface area contributed by atoms with Crippen LogP contribution in [0.1, 0.15) is 50.7 Å². The minimum atomic E-state index is 0.437. The summed E-state index contributed by atoms with van der Waals surface area (Å²) in [5.41, 5.74) is 6.12. The number of para-hydroxylation sites is 1. The standard InChI is InChI=1S/C24H25N3S/c1-15(2)17-9-11-18(12-10-17)20-13-28-24-22(20)23(25-14-26-24)27-21-8-6-5-7-19(21)16(3)4/h5-16H,1-4H3,(H,25,26,27). The van der Waals surface area contributed by atoms with Crippen molar-refractivity contribution in [2.45, 2.75) is 39.5 Å². The third-order valence-corrected chi connectivity index (χ3v) is 5.98. The molecule has 2 aromatic carbocycles. The van der Waals surface area contributed by atoms with E-state index in [1.807, 2.05) is 0 Å². The maximum atomic E-state index is 4.59. The molecule has 4 heteroatoms. The molecular formula is C24H25N3S. The van der Waals surface area contributed by atoms with Gasteiger partial charge in [-0.05, 0) is 34.6 Å². The molecule has 0 saturated heterocycles. The number of nitrogens with one attached hydrogen (secondary N) is 1. The summed E-state index contributed by atoms with van der Waals surface area (Å²) < 4.78 is 0. The lowest BCUT2D eigenvalue weighted by Crippen LogP contribution is -2.00. The Balaban J connectivity index is 1.80. The number of anilines is 2. The molecule has 4 rings (SSSR count). The van der Waals surface area contributed by atoms with E-state index >= 15 is 0 Å². The molecule has 0 spiro atoms. The quantitative estimate of drug-likeness (QED) is 0.389. The maximum Gasteiger partial charge on any atom is 0.143 e. The summed E-state index contributed by atoms with van der Waals surface area (Å²) in [7, 11) is 0. The van der Waals surface area contributed by atoms with Crippen LogP contribution in [-0.2, 0) is 0 Å². The summed E-state index contributed by atoms with van der Waals surface area (Å²) in [5, 5.41) is 6.85. The molecule has 0 aliphatic rings. The zero-order chi connectivity index (χ0) is 19.7. The van der Waals surface area contributed by atoms with Gasteiger partial charge in [0.1, 0.15) is 17.0 Å². The molecule has 1 N–H and O–H groups in total. The van der Waals surface area contributed by atoms with Gasteiger partial charge in [0, 0.05) is 16.6 Å². The van der Waals surface area contributed by atoms with Crippen LogP contribution in [0.3, 0.4) is 0 Å². The van der Waals surface area contributed by atoms with Gasteiger partial charge >= 0.3 is 0 Å². The van der Waals surface area contributed by atoms with Crippen LogP contribution < -0.4 is 5.32 Å². The number of thiophene rings is 1. The highest BCUT2D eigenvalue weighted by molar-refractivity contribution is 7.17. The second-order valence-electron chi connectivity index (χ2n) is 7.70. The first kappa shape index (κ1) is 18.6. The fraction of sp³-hybridized carbons (Fsp3) is 0.250. The van der Waals surface area contributed by atoms with E-state index in [1.165, 1.54) is 22.3 Å². The molecule has 0 atom stereocenters. The molecule has 2 aromatic heterocycles. The summed E-state index contributed by atoms with van der Waals surface area (Å²) in [6.07, 6.45) is 1.64. The summed E-state index contributed by atoms with van der Waals surface area (Å²) in [6, 6.07) is 17.3.